The van der Waals surface area contributed by atoms with Crippen molar-refractivity contribution in [2.75, 3.05) is 26.2 Å². The minimum atomic E-state index is -2.53. The number of β-amino-alcohol motifs (C(OH)–C–C–N with tert-alkyl or cyclic N) is 1. The summed E-state index contributed by atoms with van der Waals surface area (Å²) in [4.78, 5) is 120. The third-order valence-corrected chi connectivity index (χ3v) is 16.6. The number of aromatic hydroxyl groups is 1. The second-order valence-electron chi connectivity index (χ2n) is 21.9. The van der Waals surface area contributed by atoms with E-state index in [1.54, 1.807) is 22.8 Å². The first-order valence-corrected chi connectivity index (χ1v) is 29.9. The molecule has 3 aromatic carbocycles. The van der Waals surface area contributed by atoms with Gasteiger partial charge in [0.25, 0.3) is 18.2 Å². The Labute approximate surface area is 520 Å². The number of carbonyl (C=O) groups excluding carboxylic acids is 8. The van der Waals surface area contributed by atoms with E-state index in [9.17, 15) is 79.2 Å². The molecule has 5 aromatic rings. The molecule has 8 amide bonds. The van der Waals surface area contributed by atoms with Crippen LogP contribution < -0.4 is 41.2 Å². The summed E-state index contributed by atoms with van der Waals surface area (Å²) in [6.45, 7) is 3.37. The van der Waals surface area contributed by atoms with Gasteiger partial charge in [-0.2, -0.15) is 5.10 Å². The van der Waals surface area contributed by atoms with E-state index in [2.05, 4.69) is 48.0 Å². The number of rotatable bonds is 19. The summed E-state index contributed by atoms with van der Waals surface area (Å²) >= 11 is 1.25. The van der Waals surface area contributed by atoms with Gasteiger partial charge in [-0.15, -0.1) is 0 Å². The predicted molar refractivity (Wildman–Crippen MR) is 313 cm³/mol. The summed E-state index contributed by atoms with van der Waals surface area (Å²) in [5.41, 5.74) is 7.13. The fourth-order valence-electron chi connectivity index (χ4n) is 10.5. The van der Waals surface area contributed by atoms with E-state index in [0.717, 1.165) is 59.1 Å². The number of ether oxygens (including phenoxy) is 1. The maximum Gasteiger partial charge on any atom is 0.261 e. The number of aromatic nitrogens is 3. The van der Waals surface area contributed by atoms with Crippen molar-refractivity contribution in [2.45, 2.75) is 132 Å². The number of unbranched alkanes of at least 4 members (excludes halogenated alkanes) is 1. The summed E-state index contributed by atoms with van der Waals surface area (Å²) in [6, 6.07) is 4.19. The summed E-state index contributed by atoms with van der Waals surface area (Å²) in [5.74, 6) is -11.2. The topological polar surface area (TPSA) is 478 Å². The number of aliphatic hydroxyl groups is 7. The molecule has 0 saturated carbocycles. The Bertz CT molecular complexity index is 3360. The number of benzene rings is 3. The van der Waals surface area contributed by atoms with Gasteiger partial charge in [0.05, 0.1) is 55.4 Å². The summed E-state index contributed by atoms with van der Waals surface area (Å²) in [5, 5.41) is 119. The van der Waals surface area contributed by atoms with Crippen LogP contribution in [-0.4, -0.2) is 217 Å². The fourth-order valence-corrected chi connectivity index (χ4v) is 11.6. The van der Waals surface area contributed by atoms with Crippen LogP contribution >= 0.6 is 23.7 Å². The highest BCUT2D eigenvalue weighted by atomic mass is 32.2. The van der Waals surface area contributed by atoms with E-state index in [4.69, 9.17) is 24.9 Å². The van der Waals surface area contributed by atoms with Crippen molar-refractivity contribution in [1.82, 2.24) is 51.0 Å². The van der Waals surface area contributed by atoms with Crippen LogP contribution in [-0.2, 0) is 42.9 Å². The van der Waals surface area contributed by atoms with Gasteiger partial charge in [0, 0.05) is 55.1 Å². The van der Waals surface area contributed by atoms with E-state index >= 15 is 0 Å². The van der Waals surface area contributed by atoms with Crippen LogP contribution in [0.2, 0.25) is 0 Å². The van der Waals surface area contributed by atoms with E-state index in [1.807, 2.05) is 24.3 Å². The summed E-state index contributed by atoms with van der Waals surface area (Å²) in [7, 11) is 0. The average molecular weight is 1300 g/mol. The highest BCUT2D eigenvalue weighted by Crippen LogP contribution is 2.35. The van der Waals surface area contributed by atoms with Crippen LogP contribution in [0.4, 0.5) is 0 Å². The summed E-state index contributed by atoms with van der Waals surface area (Å²) < 4.78 is 16.6. The quantitative estimate of drug-likeness (QED) is 0.0179. The molecule has 5 heterocycles. The maximum atomic E-state index is 14.7. The Morgan fingerprint density at radius 3 is 2.18 bits per heavy atom. The second-order valence-corrected chi connectivity index (χ2v) is 23.3. The second kappa shape index (κ2) is 30.1. The Morgan fingerprint density at radius 1 is 0.833 bits per heavy atom. The van der Waals surface area contributed by atoms with Gasteiger partial charge in [0.1, 0.15) is 59.2 Å². The molecule has 0 aliphatic carbocycles. The van der Waals surface area contributed by atoms with E-state index in [1.165, 1.54) is 30.4 Å². The van der Waals surface area contributed by atoms with Crippen molar-refractivity contribution >= 4 is 75.9 Å². The Morgan fingerprint density at radius 2 is 1.51 bits per heavy atom. The van der Waals surface area contributed by atoms with Gasteiger partial charge in [-0.05, 0) is 67.4 Å². The monoisotopic (exact) mass is 1300 g/mol. The molecule has 3 saturated heterocycles. The van der Waals surface area contributed by atoms with Crippen LogP contribution in [0.1, 0.15) is 74.9 Å². The number of phenolic OH excluding ortho intramolecular Hbond substituents is 1. The van der Waals surface area contributed by atoms with Crippen molar-refractivity contribution in [2.24, 2.45) is 11.7 Å². The highest BCUT2D eigenvalue weighted by molar-refractivity contribution is 7.90. The molecule has 16 N–H and O–H groups in total. The van der Waals surface area contributed by atoms with Gasteiger partial charge in [0.15, 0.2) is 11.5 Å². The number of phenols is 1. The molecule has 8 rings (SSSR count). The minimum Gasteiger partial charge on any atom is -0.504 e. The maximum absolute atomic E-state index is 14.7. The lowest BCUT2D eigenvalue weighted by Gasteiger charge is -2.34. The first kappa shape index (κ1) is 67.8. The van der Waals surface area contributed by atoms with Crippen LogP contribution in [0.25, 0.3) is 26.8 Å². The molecule has 14 atom stereocenters. The van der Waals surface area contributed by atoms with Gasteiger partial charge >= 0.3 is 0 Å². The lowest BCUT2D eigenvalue weighted by molar-refractivity contribution is -0.433. The molecule has 0 bridgehead atoms. The molecule has 34 heteroatoms. The largest absolute Gasteiger partial charge is 0.504 e. The average Bonchev–Trinajstić information content (AvgIpc) is 1.75. The van der Waals surface area contributed by atoms with Gasteiger partial charge in [-0.1, -0.05) is 59.2 Å². The molecule has 3 aliphatic rings. The normalized spacial score (nSPS) is 25.4. The predicted octanol–water partition coefficient (Wildman–Crippen LogP) is -2.31. The van der Waals surface area contributed by atoms with E-state index in [0.29, 0.717) is 27.8 Å². The standard InChI is InChI=1S/C56H69N11O21S2/c1-4-5-16-85-33-13-10-27(11-14-33)35-24-67-56(60-35)89-53(64-67)29-8-6-28(7-9-29)48(77)59-34-18-31(69)21-58-52(81)44-45(74)25(2)22-66(44)55(83)42(38(72)20-40(57)73)62-51(80)43(47(76)46(75)30-12-15-37(71)39(17-30)86-90-88-87-84)63-50(79)36-19-32(70)23-65(36)54(82)41(26(3)68)61-49(34)78/h6-15,17,24-26,31-32,34,36,38,41-47,68-72,74-76,84H,4-5,16,18-23H2,1-3H3,(H2,57,73)(H,58,81)(H,59,77)(H,61,78)(H,62,80)(H,63,79). The Hall–Kier alpha value is -8.13. The molecule has 0 radical (unpaired) electrons. The first-order chi connectivity index (χ1) is 42.9. The smallest absolute Gasteiger partial charge is 0.261 e. The number of carbonyl (C=O) groups is 8. The number of nitrogens with zero attached hydrogens (tertiary/aromatic N) is 5. The molecule has 486 valence electrons. The molecule has 3 fully saturated rings. The molecule has 2 aromatic heterocycles. The third kappa shape index (κ3) is 16.1. The zero-order valence-electron chi connectivity index (χ0n) is 48.4. The number of imidazole rings is 1. The van der Waals surface area contributed by atoms with Crippen molar-refractivity contribution < 1.29 is 103 Å². The number of aliphatic hydroxyl groups excluding tert-OH is 7. The number of primary amides is 1. The number of nitrogens with two attached hydrogens (primary N) is 1. The summed E-state index contributed by atoms with van der Waals surface area (Å²) in [6.07, 6.45) is -12.4. The van der Waals surface area contributed by atoms with Gasteiger partial charge in [-0.3, -0.25) is 38.4 Å². The Kier molecular flexibility index (Phi) is 22.7. The highest BCUT2D eigenvalue weighted by Gasteiger charge is 2.50. The molecule has 0 spiro atoms. The van der Waals surface area contributed by atoms with E-state index in [-0.39, 0.29) is 23.5 Å². The molecule has 14 unspecified atom stereocenters. The van der Waals surface area contributed by atoms with Crippen molar-refractivity contribution in [3.8, 4) is 39.1 Å². The number of fused-ring (bicyclic) bond motifs is 3. The molecular formula is C56H69N11O21S2. The van der Waals surface area contributed by atoms with Crippen molar-refractivity contribution in [1.29, 1.82) is 0 Å². The zero-order valence-corrected chi connectivity index (χ0v) is 50.1. The fraction of sp³-hybridized carbons (Fsp3) is 0.464. The van der Waals surface area contributed by atoms with Crippen LogP contribution in [0.5, 0.6) is 17.2 Å². The lowest BCUT2D eigenvalue weighted by atomic mass is 9.96. The third-order valence-electron chi connectivity index (χ3n) is 15.3. The molecule has 90 heavy (non-hydrogen) atoms. The number of hydrogen-bond acceptors (Lipinski definition) is 25. The van der Waals surface area contributed by atoms with Gasteiger partial charge in [-0.25, -0.2) is 14.8 Å². The van der Waals surface area contributed by atoms with Crippen LogP contribution in [0.3, 0.4) is 0 Å². The van der Waals surface area contributed by atoms with Crippen LogP contribution in [0.15, 0.2) is 72.9 Å². The number of nitrogens with one attached hydrogen (secondary N) is 5. The first-order valence-electron chi connectivity index (χ1n) is 28.4. The lowest BCUT2D eigenvalue weighted by Crippen LogP contribution is -2.64. The zero-order chi connectivity index (χ0) is 65.2. The minimum absolute atomic E-state index is 0.0106. The Balaban J connectivity index is 1.09. The van der Waals surface area contributed by atoms with E-state index < -0.39 is 183 Å². The molecule has 32 nitrogen and oxygen atoms in total. The number of hydrogen-bond donors (Lipinski definition) is 15. The molecule has 3 aliphatic heterocycles. The van der Waals surface area contributed by atoms with Crippen LogP contribution in [0, 0.1) is 5.92 Å². The van der Waals surface area contributed by atoms with Gasteiger partial charge in [0.2, 0.25) is 46.3 Å². The number of amides is 8. The van der Waals surface area contributed by atoms with Crippen molar-refractivity contribution in [3.63, 3.8) is 0 Å². The molecular weight excluding hydrogens is 1230 g/mol. The van der Waals surface area contributed by atoms with Gasteiger partial charge < -0.3 is 91.9 Å². The SMILES string of the molecule is CCCCOc1ccc(-c2cn3nc(-c4ccc(C(=O)NC5CC(O)CNC(=O)C6C(O)C(C)CN6C(=O)C(C(O)CC(N)=O)NC(=O)C(C(O)C(O)c6ccc(O)c(OSOOO)c6)NC(=O)C6CC(O)CN6C(=O)C(C(C)O)NC5=O)cc4)sc3n2)cc1. The van der Waals surface area contributed by atoms with Crippen molar-refractivity contribution in [3.05, 3.63) is 84.1 Å².